The number of pyridine rings is 1. The fourth-order valence-electron chi connectivity index (χ4n) is 0.755. The van der Waals surface area contributed by atoms with Gasteiger partial charge in [-0.15, -0.1) is 0 Å². The van der Waals surface area contributed by atoms with Gasteiger partial charge in [-0.2, -0.15) is 0 Å². The minimum atomic E-state index is 0. The van der Waals surface area contributed by atoms with Crippen LogP contribution in [0.1, 0.15) is 11.1 Å². The summed E-state index contributed by atoms with van der Waals surface area (Å²) in [5.74, 6) is 0. The van der Waals surface area contributed by atoms with Gasteiger partial charge in [0.1, 0.15) is 0 Å². The average Bonchev–Trinajstić information content (AvgIpc) is 1.89. The molecule has 1 N–H and O–H groups in total. The van der Waals surface area contributed by atoms with Gasteiger partial charge < -0.3 is 24.0 Å². The maximum atomic E-state index is 3.68. The van der Waals surface area contributed by atoms with Crippen LogP contribution in [0, 0.1) is 6.92 Å². The molecule has 10 heavy (non-hydrogen) atoms. The number of aryl methyl sites for hydroxylation is 1. The van der Waals surface area contributed by atoms with Gasteiger partial charge in [0.15, 0.2) is 12.4 Å². The van der Waals surface area contributed by atoms with Crippen LogP contribution in [0.5, 0.6) is 0 Å². The van der Waals surface area contributed by atoms with E-state index in [1.54, 1.807) is 0 Å². The summed E-state index contributed by atoms with van der Waals surface area (Å²) in [6.07, 6.45) is 5.70. The average molecular weight is 247 g/mol. The van der Waals surface area contributed by atoms with Crippen molar-refractivity contribution in [3.05, 3.63) is 36.2 Å². The summed E-state index contributed by atoms with van der Waals surface area (Å²) in [5, 5.41) is 0. The zero-order chi connectivity index (χ0) is 6.69. The fraction of sp³-hybridized carbons (Fsp3) is 0.125. The third-order valence-corrected chi connectivity index (χ3v) is 1.33. The number of H-pyrrole nitrogens is 1. The predicted molar refractivity (Wildman–Crippen MR) is 37.8 cm³/mol. The third kappa shape index (κ3) is 2.10. The van der Waals surface area contributed by atoms with Gasteiger partial charge in [0.2, 0.25) is 0 Å². The van der Waals surface area contributed by atoms with Crippen molar-refractivity contribution in [2.45, 2.75) is 6.92 Å². The van der Waals surface area contributed by atoms with Crippen LogP contribution >= 0.6 is 0 Å². The summed E-state index contributed by atoms with van der Waals surface area (Å²) in [7, 11) is 0. The Labute approximate surface area is 78.2 Å². The first-order chi connectivity index (χ1) is 4.34. The first-order valence-electron chi connectivity index (χ1n) is 2.93. The quantitative estimate of drug-likeness (QED) is 0.534. The lowest BCUT2D eigenvalue weighted by Crippen LogP contribution is -3.00. The van der Waals surface area contributed by atoms with Crippen LogP contribution < -0.4 is 29.0 Å². The van der Waals surface area contributed by atoms with E-state index < -0.39 is 0 Å². The smallest absolute Gasteiger partial charge is 0.170 e. The Bertz CT molecular complexity index is 220. The lowest BCUT2D eigenvalue weighted by molar-refractivity contribution is -0.378. The topological polar surface area (TPSA) is 14.1 Å². The fourth-order valence-corrected chi connectivity index (χ4v) is 0.755. The first kappa shape index (κ1) is 9.62. The van der Waals surface area contributed by atoms with Crippen molar-refractivity contribution >= 4 is 6.08 Å². The Kier molecular flexibility index (Phi) is 4.27. The highest BCUT2D eigenvalue weighted by Crippen LogP contribution is 2.02. The van der Waals surface area contributed by atoms with Crippen LogP contribution in [0.4, 0.5) is 0 Å². The molecule has 0 aliphatic heterocycles. The van der Waals surface area contributed by atoms with E-state index >= 15 is 0 Å². The van der Waals surface area contributed by atoms with Crippen LogP contribution in [0.2, 0.25) is 0 Å². The molecule has 0 saturated carbocycles. The van der Waals surface area contributed by atoms with Crippen molar-refractivity contribution in [1.82, 2.24) is 0 Å². The van der Waals surface area contributed by atoms with Crippen LogP contribution in [-0.2, 0) is 0 Å². The van der Waals surface area contributed by atoms with Crippen molar-refractivity contribution in [2.24, 2.45) is 0 Å². The number of hydrogen-bond acceptors (Lipinski definition) is 0. The van der Waals surface area contributed by atoms with E-state index in [1.807, 2.05) is 31.5 Å². The number of halogens is 1. The third-order valence-electron chi connectivity index (χ3n) is 1.33. The molecule has 54 valence electrons. The Morgan fingerprint density at radius 3 is 2.70 bits per heavy atom. The zero-order valence-electron chi connectivity index (χ0n) is 5.89. The maximum Gasteiger partial charge on any atom is 0.170 e. The van der Waals surface area contributed by atoms with Crippen LogP contribution in [0.3, 0.4) is 0 Å². The van der Waals surface area contributed by atoms with Crippen LogP contribution in [0.15, 0.2) is 25.0 Å². The Morgan fingerprint density at radius 1 is 1.60 bits per heavy atom. The first-order valence-corrected chi connectivity index (χ1v) is 2.93. The standard InChI is InChI=1S/C8H9N.HI/c1-3-8-4-5-9-6-7(8)2;/h3-6H,1H2,2H3;1H. The number of aromatic amines is 1. The summed E-state index contributed by atoms with van der Waals surface area (Å²) in [6, 6.07) is 2.00. The van der Waals surface area contributed by atoms with Gasteiger partial charge in [-0.3, -0.25) is 0 Å². The minimum absolute atomic E-state index is 0. The Hall–Kier alpha value is -0.380. The molecule has 0 aliphatic carbocycles. The molecule has 2 heteroatoms. The molecular weight excluding hydrogens is 237 g/mol. The summed E-state index contributed by atoms with van der Waals surface area (Å²) < 4.78 is 0. The van der Waals surface area contributed by atoms with Crippen molar-refractivity contribution < 1.29 is 29.0 Å². The van der Waals surface area contributed by atoms with E-state index in [-0.39, 0.29) is 24.0 Å². The van der Waals surface area contributed by atoms with Gasteiger partial charge in [-0.25, -0.2) is 4.98 Å². The molecular formula is C8H10IN. The summed E-state index contributed by atoms with van der Waals surface area (Å²) in [4.78, 5) is 2.99. The predicted octanol–water partition coefficient (Wildman–Crippen LogP) is -1.54. The van der Waals surface area contributed by atoms with Gasteiger partial charge >= 0.3 is 0 Å². The molecule has 0 saturated heterocycles. The molecule has 1 aromatic heterocycles. The number of rotatable bonds is 1. The normalized spacial score (nSPS) is 8.10. The molecule has 1 nitrogen and oxygen atoms in total. The lowest BCUT2D eigenvalue weighted by atomic mass is 10.2. The van der Waals surface area contributed by atoms with Crippen molar-refractivity contribution in [2.75, 3.05) is 0 Å². The van der Waals surface area contributed by atoms with E-state index in [1.165, 1.54) is 11.1 Å². The van der Waals surface area contributed by atoms with E-state index in [2.05, 4.69) is 11.6 Å². The summed E-state index contributed by atoms with van der Waals surface area (Å²) in [5.41, 5.74) is 2.42. The molecule has 1 rings (SSSR count). The molecule has 0 aromatic carbocycles. The highest BCUT2D eigenvalue weighted by Gasteiger charge is 1.92. The number of aromatic nitrogens is 1. The van der Waals surface area contributed by atoms with Crippen molar-refractivity contribution in [3.8, 4) is 0 Å². The van der Waals surface area contributed by atoms with Crippen molar-refractivity contribution in [3.63, 3.8) is 0 Å². The molecule has 0 atom stereocenters. The summed E-state index contributed by atoms with van der Waals surface area (Å²) >= 11 is 0. The van der Waals surface area contributed by atoms with Gasteiger partial charge in [0.05, 0.1) is 0 Å². The van der Waals surface area contributed by atoms with E-state index in [0.717, 1.165) is 0 Å². The minimum Gasteiger partial charge on any atom is -1.00 e. The van der Waals surface area contributed by atoms with Crippen LogP contribution in [0.25, 0.3) is 6.08 Å². The molecule has 0 amide bonds. The molecule has 0 bridgehead atoms. The zero-order valence-corrected chi connectivity index (χ0v) is 8.05. The van der Waals surface area contributed by atoms with Gasteiger partial charge in [-0.1, -0.05) is 12.7 Å². The molecule has 1 aromatic rings. The summed E-state index contributed by atoms with van der Waals surface area (Å²) in [6.45, 7) is 5.73. The number of nitrogens with one attached hydrogen (secondary N) is 1. The molecule has 0 aliphatic rings. The molecule has 0 radical (unpaired) electrons. The highest BCUT2D eigenvalue weighted by atomic mass is 127. The second kappa shape index (κ2) is 4.44. The Morgan fingerprint density at radius 2 is 2.30 bits per heavy atom. The van der Waals surface area contributed by atoms with Gasteiger partial charge in [0.25, 0.3) is 0 Å². The number of hydrogen-bond donors (Lipinski definition) is 0. The monoisotopic (exact) mass is 247 g/mol. The lowest BCUT2D eigenvalue weighted by Gasteiger charge is -1.90. The SMILES string of the molecule is C=Cc1cc[nH+]cc1C.[I-]. The largest absolute Gasteiger partial charge is 1.00 e. The maximum absolute atomic E-state index is 3.68. The van der Waals surface area contributed by atoms with E-state index in [4.69, 9.17) is 0 Å². The van der Waals surface area contributed by atoms with E-state index in [9.17, 15) is 0 Å². The highest BCUT2D eigenvalue weighted by molar-refractivity contribution is 5.49. The molecule has 1 heterocycles. The second-order valence-electron chi connectivity index (χ2n) is 1.99. The Balaban J connectivity index is 0.000000810. The van der Waals surface area contributed by atoms with Gasteiger partial charge in [0, 0.05) is 11.6 Å². The molecule has 0 fully saturated rings. The van der Waals surface area contributed by atoms with Gasteiger partial charge in [-0.05, 0) is 12.5 Å². The second-order valence-corrected chi connectivity index (χ2v) is 1.99. The van der Waals surface area contributed by atoms with E-state index in [0.29, 0.717) is 0 Å². The van der Waals surface area contributed by atoms with Crippen LogP contribution in [-0.4, -0.2) is 0 Å². The molecule has 0 unspecified atom stereocenters. The van der Waals surface area contributed by atoms with Crippen molar-refractivity contribution in [1.29, 1.82) is 0 Å². The molecule has 0 spiro atoms.